The van der Waals surface area contributed by atoms with E-state index in [4.69, 9.17) is 10.5 Å². The molecule has 0 aliphatic heterocycles. The number of carbonyl (C=O) groups is 2. The summed E-state index contributed by atoms with van der Waals surface area (Å²) in [7, 11) is 0. The van der Waals surface area contributed by atoms with Gasteiger partial charge in [0.2, 0.25) is 0 Å². The van der Waals surface area contributed by atoms with Crippen molar-refractivity contribution >= 4 is 28.1 Å². The quantitative estimate of drug-likeness (QED) is 0.324. The van der Waals surface area contributed by atoms with Crippen LogP contribution in [0.4, 0.5) is 0 Å². The van der Waals surface area contributed by atoms with E-state index >= 15 is 0 Å². The second-order valence-corrected chi connectivity index (χ2v) is 14.6. The summed E-state index contributed by atoms with van der Waals surface area (Å²) in [5.41, 5.74) is 9.56. The molecule has 4 saturated carbocycles. The van der Waals surface area contributed by atoms with E-state index in [1.807, 2.05) is 18.2 Å². The van der Waals surface area contributed by atoms with Crippen LogP contribution in [-0.2, 0) is 14.3 Å². The van der Waals surface area contributed by atoms with Crippen molar-refractivity contribution in [2.75, 3.05) is 0 Å². The lowest BCUT2D eigenvalue weighted by atomic mass is 9.36. The summed E-state index contributed by atoms with van der Waals surface area (Å²) >= 11 is 0. The van der Waals surface area contributed by atoms with Gasteiger partial charge in [-0.05, 0) is 107 Å². The molecule has 5 heteroatoms. The molecular weight excluding hydrogens is 510 g/mol. The second-order valence-electron chi connectivity index (χ2n) is 14.6. The molecule has 0 saturated heterocycles. The Kier molecular flexibility index (Phi) is 6.82. The van der Waals surface area contributed by atoms with Crippen LogP contribution in [0.5, 0.6) is 0 Å². The lowest BCUT2D eigenvalue weighted by molar-refractivity contribution is -0.201. The Balaban J connectivity index is 1.53. The molecule has 0 bridgehead atoms. The van der Waals surface area contributed by atoms with Crippen molar-refractivity contribution in [3.05, 3.63) is 53.6 Å². The lowest BCUT2D eigenvalue weighted by Crippen LogP contribution is -2.65. The molecule has 2 aromatic carbocycles. The number of benzene rings is 2. The predicted octanol–water partition coefficient (Wildman–Crippen LogP) is 6.70. The number of Topliss-reactive ketones (excluding diaryl/α,β-unsaturated/α-hetero) is 1. The van der Waals surface area contributed by atoms with E-state index in [0.717, 1.165) is 54.0 Å². The Morgan fingerprint density at radius 2 is 1.68 bits per heavy atom. The first-order valence-electron chi connectivity index (χ1n) is 15.7. The van der Waals surface area contributed by atoms with Crippen LogP contribution in [0.3, 0.4) is 0 Å². The van der Waals surface area contributed by atoms with Crippen LogP contribution in [-0.4, -0.2) is 35.1 Å². The largest absolute Gasteiger partial charge is 0.458 e. The Bertz CT molecular complexity index is 1430. The monoisotopic (exact) mass is 557 g/mol. The Labute approximate surface area is 244 Å². The molecule has 4 aliphatic carbocycles. The van der Waals surface area contributed by atoms with Gasteiger partial charge in [0, 0.05) is 24.5 Å². The van der Waals surface area contributed by atoms with Gasteiger partial charge in [-0.15, -0.1) is 0 Å². The zero-order chi connectivity index (χ0) is 29.5. The number of esters is 1. The van der Waals surface area contributed by atoms with Gasteiger partial charge >= 0.3 is 5.97 Å². The predicted molar refractivity (Wildman–Crippen MR) is 163 cm³/mol. The second kappa shape index (κ2) is 9.77. The standard InChI is InChI=1S/C36H47NO4/c1-20-26-13-16-35(5)30(34(26,4)15-14-28(20)40)18-27(37)33-32(29(41-22(3)39)19-36(33,35)6)31(21(2)38)25-12-11-23-9-7-8-10-24(23)17-25/h7-12,17,20,26-30,33,40H,13-16,18-19,37H2,1-6H3/b32-31-/t20-,26-,27+,28+,29-,30-,33-,34-,35-,36-/m0/s1. The van der Waals surface area contributed by atoms with Crippen LogP contribution in [0.25, 0.3) is 16.3 Å². The van der Waals surface area contributed by atoms with Gasteiger partial charge in [-0.1, -0.05) is 64.1 Å². The first kappa shape index (κ1) is 28.6. The van der Waals surface area contributed by atoms with Crippen LogP contribution in [0.1, 0.15) is 85.6 Å². The molecule has 4 fully saturated rings. The van der Waals surface area contributed by atoms with Crippen molar-refractivity contribution in [3.8, 4) is 0 Å². The van der Waals surface area contributed by atoms with Gasteiger partial charge in [0.15, 0.2) is 5.78 Å². The van der Waals surface area contributed by atoms with Crippen molar-refractivity contribution in [2.24, 2.45) is 45.7 Å². The molecule has 41 heavy (non-hydrogen) atoms. The highest BCUT2D eigenvalue weighted by Crippen LogP contribution is 2.74. The highest BCUT2D eigenvalue weighted by Gasteiger charge is 2.70. The molecule has 0 radical (unpaired) electrons. The molecule has 10 atom stereocenters. The van der Waals surface area contributed by atoms with E-state index in [0.29, 0.717) is 23.8 Å². The minimum Gasteiger partial charge on any atom is -0.458 e. The molecule has 0 unspecified atom stereocenters. The molecule has 0 heterocycles. The van der Waals surface area contributed by atoms with Crippen LogP contribution in [0.2, 0.25) is 0 Å². The van der Waals surface area contributed by atoms with Gasteiger partial charge in [0.05, 0.1) is 6.10 Å². The highest BCUT2D eigenvalue weighted by atomic mass is 16.5. The minimum absolute atomic E-state index is 0.0121. The van der Waals surface area contributed by atoms with Crippen molar-refractivity contribution in [2.45, 2.75) is 98.3 Å². The van der Waals surface area contributed by atoms with Gasteiger partial charge in [-0.2, -0.15) is 0 Å². The summed E-state index contributed by atoms with van der Waals surface area (Å²) in [6.07, 6.45) is 4.85. The summed E-state index contributed by atoms with van der Waals surface area (Å²) in [6, 6.07) is 14.2. The Hall–Kier alpha value is -2.50. The van der Waals surface area contributed by atoms with Crippen molar-refractivity contribution in [1.82, 2.24) is 0 Å². The zero-order valence-electron chi connectivity index (χ0n) is 25.6. The lowest BCUT2D eigenvalue weighted by Gasteiger charge is -2.68. The zero-order valence-corrected chi connectivity index (χ0v) is 25.6. The maximum absolute atomic E-state index is 13.6. The molecule has 6 rings (SSSR count). The summed E-state index contributed by atoms with van der Waals surface area (Å²) in [4.78, 5) is 26.1. The van der Waals surface area contributed by atoms with Gasteiger partial charge in [-0.3, -0.25) is 9.59 Å². The molecule has 5 nitrogen and oxygen atoms in total. The number of carbonyl (C=O) groups excluding carboxylic acids is 2. The summed E-state index contributed by atoms with van der Waals surface area (Å²) in [5, 5.41) is 13.0. The Morgan fingerprint density at radius 1 is 0.976 bits per heavy atom. The van der Waals surface area contributed by atoms with Crippen LogP contribution in [0, 0.1) is 39.9 Å². The molecule has 4 aliphatic rings. The number of ether oxygens (including phenoxy) is 1. The number of fused-ring (bicyclic) bond motifs is 6. The van der Waals surface area contributed by atoms with Gasteiger partial charge in [0.1, 0.15) is 6.10 Å². The number of hydrogen-bond donors (Lipinski definition) is 2. The van der Waals surface area contributed by atoms with Crippen LogP contribution < -0.4 is 5.73 Å². The van der Waals surface area contributed by atoms with E-state index in [-0.39, 0.29) is 52.0 Å². The third-order valence-electron chi connectivity index (χ3n) is 12.8. The number of rotatable bonds is 3. The number of ketones is 1. The minimum atomic E-state index is -0.480. The fourth-order valence-electron chi connectivity index (χ4n) is 10.8. The molecule has 2 aromatic rings. The molecule has 0 amide bonds. The van der Waals surface area contributed by atoms with E-state index in [1.165, 1.54) is 6.92 Å². The summed E-state index contributed by atoms with van der Waals surface area (Å²) in [5.74, 6) is 0.760. The van der Waals surface area contributed by atoms with E-state index in [1.54, 1.807) is 6.92 Å². The van der Waals surface area contributed by atoms with Crippen LogP contribution >= 0.6 is 0 Å². The first-order chi connectivity index (χ1) is 19.3. The van der Waals surface area contributed by atoms with Crippen molar-refractivity contribution in [1.29, 1.82) is 0 Å². The molecule has 0 aromatic heterocycles. The third-order valence-corrected chi connectivity index (χ3v) is 12.8. The van der Waals surface area contributed by atoms with Crippen molar-refractivity contribution < 1.29 is 19.4 Å². The number of aliphatic hydroxyl groups excluding tert-OH is 1. The highest BCUT2D eigenvalue weighted by molar-refractivity contribution is 6.21. The molecular formula is C36H47NO4. The van der Waals surface area contributed by atoms with Gasteiger partial charge in [-0.25, -0.2) is 0 Å². The summed E-state index contributed by atoms with van der Waals surface area (Å²) < 4.78 is 6.12. The number of hydrogen-bond acceptors (Lipinski definition) is 5. The average molecular weight is 558 g/mol. The summed E-state index contributed by atoms with van der Waals surface area (Å²) in [6.45, 7) is 12.6. The van der Waals surface area contributed by atoms with E-state index in [2.05, 4.69) is 52.0 Å². The fourth-order valence-corrected chi connectivity index (χ4v) is 10.8. The normalized spacial score (nSPS) is 43.1. The number of allylic oxidation sites excluding steroid dienone is 1. The smallest absolute Gasteiger partial charge is 0.303 e. The van der Waals surface area contributed by atoms with Gasteiger partial charge in [0.25, 0.3) is 0 Å². The fraction of sp³-hybridized carbons (Fsp3) is 0.611. The Morgan fingerprint density at radius 3 is 2.37 bits per heavy atom. The maximum Gasteiger partial charge on any atom is 0.303 e. The number of aliphatic hydroxyl groups is 1. The SMILES string of the molecule is CC(=O)O[C@H]1C[C@@]2(C)[C@H](/C1=C(/C(C)=O)c1ccc3ccccc3c1)[C@H](N)C[C@H]1[C@@]3(C)CC[C@@H](O)[C@@H](C)[C@@H]3CC[C@@]12C. The van der Waals surface area contributed by atoms with E-state index in [9.17, 15) is 14.7 Å². The molecule has 220 valence electrons. The van der Waals surface area contributed by atoms with Crippen LogP contribution in [0.15, 0.2) is 48.0 Å². The van der Waals surface area contributed by atoms with Crippen molar-refractivity contribution in [3.63, 3.8) is 0 Å². The average Bonchev–Trinajstić information content (AvgIpc) is 3.21. The topological polar surface area (TPSA) is 89.6 Å². The maximum atomic E-state index is 13.6. The van der Waals surface area contributed by atoms with Gasteiger partial charge < -0.3 is 15.6 Å². The molecule has 0 spiro atoms. The molecule has 3 N–H and O–H groups in total. The van der Waals surface area contributed by atoms with E-state index < -0.39 is 6.10 Å². The third kappa shape index (κ3) is 4.09. The first-order valence-corrected chi connectivity index (χ1v) is 15.7. The number of nitrogens with two attached hydrogens (primary N) is 1.